The van der Waals surface area contributed by atoms with Gasteiger partial charge in [0.15, 0.2) is 5.96 Å². The van der Waals surface area contributed by atoms with E-state index in [-0.39, 0.29) is 0 Å². The van der Waals surface area contributed by atoms with Gasteiger partial charge in [-0.1, -0.05) is 19.8 Å². The van der Waals surface area contributed by atoms with Gasteiger partial charge in [-0.25, -0.2) is 0 Å². The predicted octanol–water partition coefficient (Wildman–Crippen LogP) is 1.49. The van der Waals surface area contributed by atoms with E-state index in [9.17, 15) is 0 Å². The second kappa shape index (κ2) is 4.49. The minimum Gasteiger partial charge on any atom is -0.370 e. The Morgan fingerprint density at radius 3 is 2.62 bits per heavy atom. The van der Waals surface area contributed by atoms with E-state index in [0.29, 0.717) is 11.4 Å². The van der Waals surface area contributed by atoms with Gasteiger partial charge in [-0.2, -0.15) is 0 Å². The molecule has 3 nitrogen and oxygen atoms in total. The van der Waals surface area contributed by atoms with Crippen LogP contribution in [0, 0.1) is 5.41 Å². The van der Waals surface area contributed by atoms with E-state index in [1.165, 1.54) is 25.7 Å². The van der Waals surface area contributed by atoms with Crippen LogP contribution < -0.4 is 11.1 Å². The zero-order valence-corrected chi connectivity index (χ0v) is 8.77. The first kappa shape index (κ1) is 10.4. The third-order valence-electron chi connectivity index (χ3n) is 2.80. The summed E-state index contributed by atoms with van der Waals surface area (Å²) in [5.41, 5.74) is 6.08. The van der Waals surface area contributed by atoms with E-state index in [0.717, 1.165) is 13.1 Å². The van der Waals surface area contributed by atoms with Gasteiger partial charge >= 0.3 is 0 Å². The Morgan fingerprint density at radius 2 is 2.08 bits per heavy atom. The van der Waals surface area contributed by atoms with Crippen LogP contribution in [0.1, 0.15) is 39.5 Å². The van der Waals surface area contributed by atoms with Gasteiger partial charge in [0, 0.05) is 13.1 Å². The molecule has 0 atom stereocenters. The highest BCUT2D eigenvalue weighted by molar-refractivity contribution is 5.77. The molecule has 1 aliphatic carbocycles. The summed E-state index contributed by atoms with van der Waals surface area (Å²) < 4.78 is 0. The van der Waals surface area contributed by atoms with Crippen molar-refractivity contribution in [3.8, 4) is 0 Å². The van der Waals surface area contributed by atoms with Gasteiger partial charge < -0.3 is 11.1 Å². The molecule has 0 aromatic carbocycles. The highest BCUT2D eigenvalue weighted by Gasteiger charge is 2.28. The topological polar surface area (TPSA) is 50.4 Å². The number of nitrogens with zero attached hydrogens (tertiary/aromatic N) is 1. The van der Waals surface area contributed by atoms with Crippen LogP contribution in [0.2, 0.25) is 0 Å². The van der Waals surface area contributed by atoms with Gasteiger partial charge in [0.2, 0.25) is 0 Å². The van der Waals surface area contributed by atoms with Crippen molar-refractivity contribution in [1.82, 2.24) is 5.32 Å². The molecule has 1 saturated carbocycles. The largest absolute Gasteiger partial charge is 0.370 e. The number of aliphatic imine (C=N–C) groups is 1. The molecule has 0 aliphatic heterocycles. The molecule has 0 aromatic heterocycles. The van der Waals surface area contributed by atoms with Crippen LogP contribution >= 0.6 is 0 Å². The molecule has 0 bridgehead atoms. The van der Waals surface area contributed by atoms with Crippen molar-refractivity contribution in [3.05, 3.63) is 0 Å². The van der Waals surface area contributed by atoms with Gasteiger partial charge in [0.25, 0.3) is 0 Å². The normalized spacial score (nSPS) is 21.8. The lowest BCUT2D eigenvalue weighted by Crippen LogP contribution is -2.32. The number of guanidine groups is 1. The van der Waals surface area contributed by atoms with Crippen LogP contribution in [-0.4, -0.2) is 19.0 Å². The quantitative estimate of drug-likeness (QED) is 0.514. The first-order chi connectivity index (χ1) is 6.16. The van der Waals surface area contributed by atoms with Crippen LogP contribution in [0.15, 0.2) is 4.99 Å². The SMILES string of the molecule is CCNC(N)=NCC1(C)CCCC1. The first-order valence-electron chi connectivity index (χ1n) is 5.20. The molecular formula is C10H21N3. The van der Waals surface area contributed by atoms with Crippen LogP contribution in [0.5, 0.6) is 0 Å². The number of nitrogens with one attached hydrogen (secondary N) is 1. The molecule has 1 rings (SSSR count). The third kappa shape index (κ3) is 3.25. The second-order valence-corrected chi connectivity index (χ2v) is 4.25. The van der Waals surface area contributed by atoms with Crippen molar-refractivity contribution in [2.75, 3.05) is 13.1 Å². The smallest absolute Gasteiger partial charge is 0.188 e. The third-order valence-corrected chi connectivity index (χ3v) is 2.80. The molecule has 0 radical (unpaired) electrons. The molecular weight excluding hydrogens is 162 g/mol. The highest BCUT2D eigenvalue weighted by Crippen LogP contribution is 2.37. The molecule has 1 fully saturated rings. The maximum Gasteiger partial charge on any atom is 0.188 e. The Bertz CT molecular complexity index is 181. The Balaban J connectivity index is 2.35. The Labute approximate surface area is 80.8 Å². The predicted molar refractivity (Wildman–Crippen MR) is 56.7 cm³/mol. The molecule has 13 heavy (non-hydrogen) atoms. The standard InChI is InChI=1S/C10H21N3/c1-3-12-9(11)13-8-10(2)6-4-5-7-10/h3-8H2,1-2H3,(H3,11,12,13). The summed E-state index contributed by atoms with van der Waals surface area (Å²) in [6.45, 7) is 6.07. The molecule has 1 aliphatic rings. The van der Waals surface area contributed by atoms with Crippen LogP contribution in [-0.2, 0) is 0 Å². The summed E-state index contributed by atoms with van der Waals surface area (Å²) in [5.74, 6) is 0.593. The van der Waals surface area contributed by atoms with Gasteiger partial charge in [-0.3, -0.25) is 4.99 Å². The fourth-order valence-electron chi connectivity index (χ4n) is 1.90. The van der Waals surface area contributed by atoms with Crippen molar-refractivity contribution in [2.24, 2.45) is 16.1 Å². The average Bonchev–Trinajstić information content (AvgIpc) is 2.51. The second-order valence-electron chi connectivity index (χ2n) is 4.25. The van der Waals surface area contributed by atoms with Crippen LogP contribution in [0.3, 0.4) is 0 Å². The van der Waals surface area contributed by atoms with E-state index in [2.05, 4.69) is 17.2 Å². The maximum atomic E-state index is 5.66. The first-order valence-corrected chi connectivity index (χ1v) is 5.20. The fraction of sp³-hybridized carbons (Fsp3) is 0.900. The molecule has 76 valence electrons. The van der Waals surface area contributed by atoms with Gasteiger partial charge in [0.1, 0.15) is 0 Å². The van der Waals surface area contributed by atoms with Gasteiger partial charge in [0.05, 0.1) is 0 Å². The Kier molecular flexibility index (Phi) is 3.58. The van der Waals surface area contributed by atoms with E-state index in [1.54, 1.807) is 0 Å². The van der Waals surface area contributed by atoms with Crippen LogP contribution in [0.4, 0.5) is 0 Å². The zero-order valence-electron chi connectivity index (χ0n) is 8.77. The van der Waals surface area contributed by atoms with Crippen molar-refractivity contribution in [2.45, 2.75) is 39.5 Å². The highest BCUT2D eigenvalue weighted by atomic mass is 15.1. The molecule has 0 unspecified atom stereocenters. The summed E-state index contributed by atoms with van der Waals surface area (Å²) in [6, 6.07) is 0. The minimum atomic E-state index is 0.417. The molecule has 3 heteroatoms. The molecule has 0 spiro atoms. The summed E-state index contributed by atoms with van der Waals surface area (Å²) in [4.78, 5) is 4.35. The molecule has 0 saturated heterocycles. The molecule has 0 amide bonds. The molecule has 0 heterocycles. The lowest BCUT2D eigenvalue weighted by Gasteiger charge is -2.20. The van der Waals surface area contributed by atoms with Crippen molar-refractivity contribution < 1.29 is 0 Å². The van der Waals surface area contributed by atoms with Crippen molar-refractivity contribution >= 4 is 5.96 Å². The van der Waals surface area contributed by atoms with E-state index >= 15 is 0 Å². The number of nitrogens with two attached hydrogens (primary N) is 1. The molecule has 0 aromatic rings. The van der Waals surface area contributed by atoms with Crippen molar-refractivity contribution in [3.63, 3.8) is 0 Å². The zero-order chi connectivity index (χ0) is 9.73. The number of hydrogen-bond donors (Lipinski definition) is 2. The lowest BCUT2D eigenvalue weighted by atomic mass is 9.89. The fourth-order valence-corrected chi connectivity index (χ4v) is 1.90. The summed E-state index contributed by atoms with van der Waals surface area (Å²) in [5, 5.41) is 3.01. The van der Waals surface area contributed by atoms with Gasteiger partial charge in [-0.15, -0.1) is 0 Å². The molecule has 3 N–H and O–H groups in total. The summed E-state index contributed by atoms with van der Waals surface area (Å²) in [6.07, 6.45) is 5.31. The van der Waals surface area contributed by atoms with Crippen LogP contribution in [0.25, 0.3) is 0 Å². The Morgan fingerprint density at radius 1 is 1.46 bits per heavy atom. The van der Waals surface area contributed by atoms with Crippen molar-refractivity contribution in [1.29, 1.82) is 0 Å². The lowest BCUT2D eigenvalue weighted by molar-refractivity contribution is 0.351. The van der Waals surface area contributed by atoms with E-state index < -0.39 is 0 Å². The minimum absolute atomic E-state index is 0.417. The average molecular weight is 183 g/mol. The van der Waals surface area contributed by atoms with E-state index in [4.69, 9.17) is 5.73 Å². The number of rotatable bonds is 3. The monoisotopic (exact) mass is 183 g/mol. The summed E-state index contributed by atoms with van der Waals surface area (Å²) >= 11 is 0. The van der Waals surface area contributed by atoms with Gasteiger partial charge in [-0.05, 0) is 25.2 Å². The number of hydrogen-bond acceptors (Lipinski definition) is 1. The maximum absolute atomic E-state index is 5.66. The summed E-state index contributed by atoms with van der Waals surface area (Å²) in [7, 11) is 0. The Hall–Kier alpha value is -0.730. The van der Waals surface area contributed by atoms with E-state index in [1.807, 2.05) is 6.92 Å².